The van der Waals surface area contributed by atoms with Gasteiger partial charge in [-0.3, -0.25) is 4.79 Å². The molecule has 0 aromatic carbocycles. The summed E-state index contributed by atoms with van der Waals surface area (Å²) in [6, 6.07) is 0.657. The molecule has 1 rings (SSSR count). The molecular formula is C13H26N2O2. The Morgan fingerprint density at radius 1 is 1.35 bits per heavy atom. The fourth-order valence-corrected chi connectivity index (χ4v) is 2.05. The molecule has 0 saturated carbocycles. The molecule has 1 aliphatic rings. The van der Waals surface area contributed by atoms with Crippen LogP contribution >= 0.6 is 0 Å². The van der Waals surface area contributed by atoms with Gasteiger partial charge in [-0.05, 0) is 39.0 Å². The molecule has 1 saturated heterocycles. The number of ether oxygens (including phenoxy) is 1. The molecule has 2 atom stereocenters. The first-order chi connectivity index (χ1) is 8.13. The van der Waals surface area contributed by atoms with Crippen LogP contribution in [0.1, 0.15) is 40.0 Å². The molecule has 2 N–H and O–H groups in total. The fourth-order valence-electron chi connectivity index (χ4n) is 2.05. The lowest BCUT2D eigenvalue weighted by molar-refractivity contribution is -0.121. The number of carbonyl (C=O) groups excluding carboxylic acids is 1. The van der Waals surface area contributed by atoms with E-state index in [2.05, 4.69) is 31.4 Å². The molecule has 0 aromatic rings. The van der Waals surface area contributed by atoms with Crippen molar-refractivity contribution >= 4 is 5.91 Å². The van der Waals surface area contributed by atoms with E-state index in [4.69, 9.17) is 4.74 Å². The van der Waals surface area contributed by atoms with Crippen LogP contribution in [0.15, 0.2) is 0 Å². The zero-order valence-corrected chi connectivity index (χ0v) is 11.3. The zero-order chi connectivity index (χ0) is 12.7. The van der Waals surface area contributed by atoms with Gasteiger partial charge in [0.15, 0.2) is 0 Å². The minimum atomic E-state index is 0.101. The molecule has 0 aliphatic carbocycles. The Morgan fingerprint density at radius 3 is 2.59 bits per heavy atom. The molecule has 0 bridgehead atoms. The second-order valence-corrected chi connectivity index (χ2v) is 5.00. The highest BCUT2D eigenvalue weighted by Gasteiger charge is 2.21. The van der Waals surface area contributed by atoms with Gasteiger partial charge in [0.1, 0.15) is 0 Å². The quantitative estimate of drug-likeness (QED) is 0.738. The lowest BCUT2D eigenvalue weighted by Crippen LogP contribution is -2.45. The van der Waals surface area contributed by atoms with Crippen LogP contribution in [0.2, 0.25) is 0 Å². The predicted molar refractivity (Wildman–Crippen MR) is 68.9 cm³/mol. The van der Waals surface area contributed by atoms with Crippen molar-refractivity contribution in [2.75, 3.05) is 19.8 Å². The van der Waals surface area contributed by atoms with E-state index in [0.717, 1.165) is 32.5 Å². The first-order valence-corrected chi connectivity index (χ1v) is 6.74. The van der Waals surface area contributed by atoms with E-state index in [-0.39, 0.29) is 11.9 Å². The molecule has 2 unspecified atom stereocenters. The van der Waals surface area contributed by atoms with E-state index in [1.807, 2.05) is 0 Å². The topological polar surface area (TPSA) is 50.4 Å². The third kappa shape index (κ3) is 5.50. The third-order valence-electron chi connectivity index (χ3n) is 3.59. The average molecular weight is 242 g/mol. The van der Waals surface area contributed by atoms with Gasteiger partial charge in [0.25, 0.3) is 0 Å². The number of carbonyl (C=O) groups is 1. The van der Waals surface area contributed by atoms with Crippen LogP contribution < -0.4 is 10.6 Å². The van der Waals surface area contributed by atoms with Crippen LogP contribution in [0.25, 0.3) is 0 Å². The second-order valence-electron chi connectivity index (χ2n) is 5.00. The van der Waals surface area contributed by atoms with E-state index in [1.165, 1.54) is 0 Å². The van der Waals surface area contributed by atoms with E-state index in [1.54, 1.807) is 0 Å². The highest BCUT2D eigenvalue weighted by atomic mass is 16.5. The van der Waals surface area contributed by atoms with Gasteiger partial charge in [0, 0.05) is 25.3 Å². The van der Waals surface area contributed by atoms with Crippen LogP contribution in [0, 0.1) is 5.92 Å². The van der Waals surface area contributed by atoms with E-state index in [9.17, 15) is 4.79 Å². The van der Waals surface area contributed by atoms with Crippen molar-refractivity contribution in [3.63, 3.8) is 0 Å². The number of amides is 1. The van der Waals surface area contributed by atoms with Crippen molar-refractivity contribution in [2.45, 2.75) is 52.1 Å². The summed E-state index contributed by atoms with van der Waals surface area (Å²) in [5.74, 6) is 0.667. The van der Waals surface area contributed by atoms with Gasteiger partial charge in [-0.1, -0.05) is 6.92 Å². The molecule has 4 nitrogen and oxygen atoms in total. The molecule has 1 fully saturated rings. The van der Waals surface area contributed by atoms with Crippen molar-refractivity contribution in [2.24, 2.45) is 5.92 Å². The lowest BCUT2D eigenvalue weighted by Gasteiger charge is -2.28. The van der Waals surface area contributed by atoms with Gasteiger partial charge in [0.05, 0.1) is 6.54 Å². The standard InChI is InChI=1S/C13H26N2O2/c1-4-10(2)14-9-13(16)15-11(3)12-5-7-17-8-6-12/h10-12,14H,4-9H2,1-3H3,(H,15,16). The number of nitrogens with one attached hydrogen (secondary N) is 2. The molecule has 0 aromatic heterocycles. The predicted octanol–water partition coefficient (Wildman–Crippen LogP) is 1.31. The molecular weight excluding hydrogens is 216 g/mol. The third-order valence-corrected chi connectivity index (χ3v) is 3.59. The number of rotatable bonds is 6. The van der Waals surface area contributed by atoms with Crippen molar-refractivity contribution < 1.29 is 9.53 Å². The van der Waals surface area contributed by atoms with E-state index in [0.29, 0.717) is 18.5 Å². The van der Waals surface area contributed by atoms with Crippen LogP contribution in [-0.4, -0.2) is 37.7 Å². The van der Waals surface area contributed by atoms with E-state index < -0.39 is 0 Å². The van der Waals surface area contributed by atoms with Crippen LogP contribution in [0.5, 0.6) is 0 Å². The molecule has 17 heavy (non-hydrogen) atoms. The van der Waals surface area contributed by atoms with Crippen molar-refractivity contribution in [1.29, 1.82) is 0 Å². The first-order valence-electron chi connectivity index (χ1n) is 6.74. The minimum Gasteiger partial charge on any atom is -0.381 e. The Hall–Kier alpha value is -0.610. The molecule has 100 valence electrons. The highest BCUT2D eigenvalue weighted by molar-refractivity contribution is 5.78. The van der Waals surface area contributed by atoms with Gasteiger partial charge in [0.2, 0.25) is 5.91 Å². The van der Waals surface area contributed by atoms with Gasteiger partial charge in [-0.25, -0.2) is 0 Å². The largest absolute Gasteiger partial charge is 0.381 e. The number of hydrogen-bond acceptors (Lipinski definition) is 3. The first kappa shape index (κ1) is 14.5. The summed E-state index contributed by atoms with van der Waals surface area (Å²) in [4.78, 5) is 11.7. The van der Waals surface area contributed by atoms with Crippen LogP contribution in [0.3, 0.4) is 0 Å². The van der Waals surface area contributed by atoms with Crippen molar-refractivity contribution in [3.8, 4) is 0 Å². The SMILES string of the molecule is CCC(C)NCC(=O)NC(C)C1CCOCC1. The molecule has 1 heterocycles. The zero-order valence-electron chi connectivity index (χ0n) is 11.3. The fraction of sp³-hybridized carbons (Fsp3) is 0.923. The summed E-state index contributed by atoms with van der Waals surface area (Å²) >= 11 is 0. The summed E-state index contributed by atoms with van der Waals surface area (Å²) in [5.41, 5.74) is 0. The van der Waals surface area contributed by atoms with Crippen LogP contribution in [0.4, 0.5) is 0 Å². The summed E-state index contributed by atoms with van der Waals surface area (Å²) < 4.78 is 5.32. The van der Waals surface area contributed by atoms with Crippen LogP contribution in [-0.2, 0) is 9.53 Å². The highest BCUT2D eigenvalue weighted by Crippen LogP contribution is 2.18. The summed E-state index contributed by atoms with van der Waals surface area (Å²) in [6.45, 7) is 8.38. The number of hydrogen-bond donors (Lipinski definition) is 2. The Bertz CT molecular complexity index is 227. The molecule has 1 amide bonds. The Labute approximate surface area is 104 Å². The second kappa shape index (κ2) is 7.67. The average Bonchev–Trinajstić information content (AvgIpc) is 2.36. The van der Waals surface area contributed by atoms with Gasteiger partial charge in [-0.15, -0.1) is 0 Å². The summed E-state index contributed by atoms with van der Waals surface area (Å²) in [7, 11) is 0. The maximum atomic E-state index is 11.7. The molecule has 0 spiro atoms. The van der Waals surface area contributed by atoms with Crippen molar-refractivity contribution in [1.82, 2.24) is 10.6 Å². The minimum absolute atomic E-state index is 0.101. The maximum absolute atomic E-state index is 11.7. The van der Waals surface area contributed by atoms with Gasteiger partial charge >= 0.3 is 0 Å². The normalized spacial score (nSPS) is 20.9. The van der Waals surface area contributed by atoms with Gasteiger partial charge < -0.3 is 15.4 Å². The van der Waals surface area contributed by atoms with E-state index >= 15 is 0 Å². The summed E-state index contributed by atoms with van der Waals surface area (Å²) in [6.07, 6.45) is 3.16. The molecule has 4 heteroatoms. The Morgan fingerprint density at radius 2 is 2.00 bits per heavy atom. The summed E-state index contributed by atoms with van der Waals surface area (Å²) in [5, 5.41) is 6.28. The molecule has 1 aliphatic heterocycles. The maximum Gasteiger partial charge on any atom is 0.234 e. The lowest BCUT2D eigenvalue weighted by atomic mass is 9.93. The Kier molecular flexibility index (Phi) is 6.52. The van der Waals surface area contributed by atoms with Gasteiger partial charge in [-0.2, -0.15) is 0 Å². The Balaban J connectivity index is 2.20. The molecule has 0 radical (unpaired) electrons. The smallest absolute Gasteiger partial charge is 0.234 e. The van der Waals surface area contributed by atoms with Crippen molar-refractivity contribution in [3.05, 3.63) is 0 Å². The monoisotopic (exact) mass is 242 g/mol.